The number of ether oxygens (including phenoxy) is 6. The summed E-state index contributed by atoms with van der Waals surface area (Å²) in [6, 6.07) is 18.6. The van der Waals surface area contributed by atoms with Gasteiger partial charge >= 0.3 is 24.7 Å². The Balaban J connectivity index is 0.000000165. The van der Waals surface area contributed by atoms with Gasteiger partial charge in [0.1, 0.15) is 56.9 Å². The highest BCUT2D eigenvalue weighted by Crippen LogP contribution is 2.53. The molecule has 8 aromatic rings. The number of alkyl halides is 6. The van der Waals surface area contributed by atoms with Gasteiger partial charge in [0.25, 0.3) is 0 Å². The molecule has 6 aliphatic carbocycles. The van der Waals surface area contributed by atoms with Gasteiger partial charge in [-0.25, -0.2) is 19.6 Å². The Morgan fingerprint density at radius 1 is 0.567 bits per heavy atom. The van der Waals surface area contributed by atoms with E-state index in [4.69, 9.17) is 38.0 Å². The normalized spacial score (nSPS) is 22.8. The van der Waals surface area contributed by atoms with Crippen LogP contribution in [0.15, 0.2) is 81.8 Å². The third-order valence-corrected chi connectivity index (χ3v) is 19.4. The minimum absolute atomic E-state index is 0.00376. The van der Waals surface area contributed by atoms with Crippen molar-refractivity contribution in [3.05, 3.63) is 107 Å². The first-order chi connectivity index (χ1) is 43.0. The predicted molar refractivity (Wildman–Crippen MR) is 320 cm³/mol. The molecular weight excluding hydrogens is 1220 g/mol. The van der Waals surface area contributed by atoms with Gasteiger partial charge in [-0.05, 0) is 164 Å². The minimum atomic E-state index is -4.83. The van der Waals surface area contributed by atoms with Crippen molar-refractivity contribution in [3.63, 3.8) is 0 Å². The van der Waals surface area contributed by atoms with Crippen molar-refractivity contribution in [2.45, 2.75) is 166 Å². The molecule has 90 heavy (non-hydrogen) atoms. The number of halogens is 6. The summed E-state index contributed by atoms with van der Waals surface area (Å²) in [5.74, 6) is 1.31. The highest BCUT2D eigenvalue weighted by Gasteiger charge is 2.49. The minimum Gasteiger partial charge on any atom is -0.489 e. The molecule has 0 unspecified atom stereocenters. The summed E-state index contributed by atoms with van der Waals surface area (Å²) in [5.41, 5.74) is 4.04. The molecule has 0 saturated heterocycles. The van der Waals surface area contributed by atoms with Gasteiger partial charge in [-0.2, -0.15) is 0 Å². The molecule has 4 bridgehead atoms. The number of benzene rings is 4. The Kier molecular flexibility index (Phi) is 16.7. The number of hydrogen-bond acceptors (Lipinski definition) is 18. The molecule has 0 aliphatic heterocycles. The summed E-state index contributed by atoms with van der Waals surface area (Å²) in [6.07, 6.45) is -0.716. The second-order valence-electron chi connectivity index (χ2n) is 24.7. The molecule has 26 heteroatoms. The fourth-order valence-electron chi connectivity index (χ4n) is 13.4. The Bertz CT molecular complexity index is 3720. The molecule has 0 radical (unpaired) electrons. The number of fused-ring (bicyclic) bond motifs is 6. The zero-order valence-electron chi connectivity index (χ0n) is 49.2. The number of anilines is 2. The molecule has 8 atom stereocenters. The number of nitrogens with zero attached hydrogens (tertiary/aromatic N) is 4. The number of nitrogens with one attached hydrogen (secondary N) is 2. The van der Waals surface area contributed by atoms with Crippen LogP contribution >= 0.6 is 22.7 Å². The maximum Gasteiger partial charge on any atom is 0.573 e. The quantitative estimate of drug-likeness (QED) is 0.0462. The highest BCUT2D eigenvalue weighted by atomic mass is 32.1. The van der Waals surface area contributed by atoms with Crippen LogP contribution in [0.5, 0.6) is 23.0 Å². The average Bonchev–Trinajstić information content (AvgIpc) is 1.72. The summed E-state index contributed by atoms with van der Waals surface area (Å²) < 4.78 is 125. The number of carbonyl (C=O) groups is 2. The highest BCUT2D eigenvalue weighted by molar-refractivity contribution is 7.22. The average molecular weight is 1290 g/mol. The van der Waals surface area contributed by atoms with Gasteiger partial charge in [-0.15, -0.1) is 26.3 Å². The van der Waals surface area contributed by atoms with Crippen LogP contribution in [0.3, 0.4) is 0 Å². The van der Waals surface area contributed by atoms with Crippen LogP contribution in [0.1, 0.15) is 147 Å². The Morgan fingerprint density at radius 2 is 0.967 bits per heavy atom. The number of aromatic carboxylic acids is 2. The zero-order valence-corrected chi connectivity index (χ0v) is 50.8. The lowest BCUT2D eigenvalue weighted by Crippen LogP contribution is -2.32. The molecule has 14 rings (SSSR count). The van der Waals surface area contributed by atoms with Crippen molar-refractivity contribution in [2.24, 2.45) is 23.7 Å². The number of carboxylic acid groups (broad SMARTS) is 2. The van der Waals surface area contributed by atoms with Crippen molar-refractivity contribution in [3.8, 4) is 45.5 Å². The van der Waals surface area contributed by atoms with Crippen LogP contribution in [0, 0.1) is 23.7 Å². The Labute approximate surface area is 519 Å². The Hall–Kier alpha value is -7.68. The summed E-state index contributed by atoms with van der Waals surface area (Å²) in [4.78, 5) is 32.9. The van der Waals surface area contributed by atoms with E-state index in [-0.39, 0.29) is 95.3 Å². The van der Waals surface area contributed by atoms with E-state index in [1.807, 2.05) is 27.7 Å². The van der Waals surface area contributed by atoms with Crippen molar-refractivity contribution >= 4 is 65.3 Å². The topological polar surface area (TPSA) is 232 Å². The van der Waals surface area contributed by atoms with Gasteiger partial charge in [-0.1, -0.05) is 57.3 Å². The molecule has 6 saturated carbocycles. The lowest BCUT2D eigenvalue weighted by Gasteiger charge is -2.28. The fourth-order valence-corrected chi connectivity index (χ4v) is 15.4. The molecule has 6 aliphatic rings. The van der Waals surface area contributed by atoms with E-state index in [1.54, 1.807) is 36.4 Å². The van der Waals surface area contributed by atoms with Gasteiger partial charge in [0, 0.05) is 46.2 Å². The summed E-state index contributed by atoms with van der Waals surface area (Å²) >= 11 is 2.83. The lowest BCUT2D eigenvalue weighted by molar-refractivity contribution is -0.275. The van der Waals surface area contributed by atoms with Crippen molar-refractivity contribution in [2.75, 3.05) is 10.6 Å². The zero-order chi connectivity index (χ0) is 62.9. The maximum absolute atomic E-state index is 13.1. The summed E-state index contributed by atoms with van der Waals surface area (Å²) in [7, 11) is 0. The first-order valence-electron chi connectivity index (χ1n) is 30.2. The van der Waals surface area contributed by atoms with E-state index < -0.39 is 24.7 Å². The molecule has 6 fully saturated rings. The summed E-state index contributed by atoms with van der Waals surface area (Å²) in [6.45, 7) is 7.93. The fraction of sp³-hybridized carbons (Fsp3) is 0.469. The third-order valence-electron chi connectivity index (χ3n) is 17.5. The van der Waals surface area contributed by atoms with Crippen LogP contribution < -0.4 is 29.6 Å². The second kappa shape index (κ2) is 24.5. The van der Waals surface area contributed by atoms with E-state index in [2.05, 4.69) is 30.4 Å². The number of aromatic nitrogens is 4. The third kappa shape index (κ3) is 13.4. The van der Waals surface area contributed by atoms with Gasteiger partial charge in [0.2, 0.25) is 0 Å². The first kappa shape index (κ1) is 61.2. The van der Waals surface area contributed by atoms with E-state index in [1.165, 1.54) is 59.1 Å². The SMILES string of the molecule is CC(C)Oc1cc(C(=O)O)cc2sc(N[C@@H]3C[C@@H]4C[C@H]3C[C@@H]4OCc3c(-c4ccccc4OC(F)(F)F)noc3C3CC3)nc12.CC(C)Oc1cc(C(=O)O)cc2sc(N[C@H]3C[C@@H]4C[C@H]3C[C@@H]4OCc3c(-c4ccccc4OC(F)(F)F)noc3C3CC3)nc12. The molecule has 4 heterocycles. The Morgan fingerprint density at radius 3 is 1.31 bits per heavy atom. The molecule has 4 aromatic carbocycles. The number of rotatable bonds is 22. The van der Waals surface area contributed by atoms with Gasteiger partial charge < -0.3 is 58.3 Å². The summed E-state index contributed by atoms with van der Waals surface area (Å²) in [5, 5.41) is 36.1. The van der Waals surface area contributed by atoms with Crippen molar-refractivity contribution < 1.29 is 83.6 Å². The number of carboxylic acids is 2. The van der Waals surface area contributed by atoms with Crippen LogP contribution in [0.25, 0.3) is 42.9 Å². The van der Waals surface area contributed by atoms with Gasteiger partial charge in [0.05, 0.1) is 58.2 Å². The van der Waals surface area contributed by atoms with Gasteiger partial charge in [0.15, 0.2) is 10.3 Å². The smallest absolute Gasteiger partial charge is 0.489 e. The maximum atomic E-state index is 13.1. The molecule has 4 N–H and O–H groups in total. The molecule has 18 nitrogen and oxygen atoms in total. The standard InChI is InChI=1S/2C32H32F3N3O6S/c2*1-15(2)42-25-12-19(30(39)40)13-26-28(25)37-31(45-26)36-22-10-18-9-17(22)11-24(18)41-14-21-27(38-44-29(21)16-7-8-16)20-5-3-4-6-23(20)43-32(33,34)35/h2*3-6,12-13,15-18,22,24H,7-11,14H2,1-2H3,(H,36,37)(H,39,40)/t17-,18-,22+,24-;17-,18-,22-,24-/m00/s1. The molecule has 476 valence electrons. The molecular formula is C64H64F6N6O12S2. The molecule has 0 spiro atoms. The largest absolute Gasteiger partial charge is 0.573 e. The monoisotopic (exact) mass is 1290 g/mol. The lowest BCUT2D eigenvalue weighted by atomic mass is 9.93. The molecule has 4 aromatic heterocycles. The van der Waals surface area contributed by atoms with Crippen molar-refractivity contribution in [1.29, 1.82) is 0 Å². The van der Waals surface area contributed by atoms with E-state index >= 15 is 0 Å². The second-order valence-corrected chi connectivity index (χ2v) is 26.7. The number of thiazole rings is 2. The number of hydrogen-bond donors (Lipinski definition) is 4. The predicted octanol–water partition coefficient (Wildman–Crippen LogP) is 16.0. The van der Waals surface area contributed by atoms with Gasteiger partial charge in [-0.3, -0.25) is 0 Å². The number of para-hydroxylation sites is 2. The van der Waals surface area contributed by atoms with E-state index in [9.17, 15) is 46.1 Å². The van der Waals surface area contributed by atoms with Crippen LogP contribution in [-0.2, 0) is 22.7 Å². The van der Waals surface area contributed by atoms with Crippen LogP contribution in [-0.4, -0.2) is 91.7 Å². The van der Waals surface area contributed by atoms with Crippen molar-refractivity contribution in [1.82, 2.24) is 20.3 Å². The van der Waals surface area contributed by atoms with E-state index in [0.717, 1.165) is 83.9 Å². The van der Waals surface area contributed by atoms with Crippen LogP contribution in [0.4, 0.5) is 36.6 Å². The first-order valence-corrected chi connectivity index (χ1v) is 31.8. The van der Waals surface area contributed by atoms with Crippen LogP contribution in [0.2, 0.25) is 0 Å². The van der Waals surface area contributed by atoms with E-state index in [0.29, 0.717) is 80.2 Å². The molecule has 0 amide bonds.